The van der Waals surface area contributed by atoms with E-state index in [9.17, 15) is 24.0 Å². The first-order valence-electron chi connectivity index (χ1n) is 18.5. The Morgan fingerprint density at radius 3 is 1.37 bits per heavy atom. The topological polar surface area (TPSA) is 159 Å². The quantitative estimate of drug-likeness (QED) is 0.0268. The molecule has 3 unspecified atom stereocenters. The molecule has 4 aromatic carbocycles. The van der Waals surface area contributed by atoms with Crippen molar-refractivity contribution in [1.82, 2.24) is 0 Å². The van der Waals surface area contributed by atoms with Gasteiger partial charge in [-0.2, -0.15) is 0 Å². The lowest BCUT2D eigenvalue weighted by atomic mass is 9.99. The van der Waals surface area contributed by atoms with E-state index in [0.717, 1.165) is 46.6 Å². The Balaban J connectivity index is 1.15. The highest BCUT2D eigenvalue weighted by atomic mass is 16.6. The zero-order valence-corrected chi connectivity index (χ0v) is 32.8. The van der Waals surface area contributed by atoms with Crippen LogP contribution in [0.25, 0.3) is 16.9 Å². The summed E-state index contributed by atoms with van der Waals surface area (Å²) in [5.41, 5.74) is 5.03. The average molecular weight is 815 g/mol. The third kappa shape index (κ3) is 11.7. The molecule has 0 aromatic heterocycles. The van der Waals surface area contributed by atoms with Crippen LogP contribution < -0.4 is 18.9 Å². The van der Waals surface area contributed by atoms with E-state index < -0.39 is 42.1 Å². The van der Waals surface area contributed by atoms with Gasteiger partial charge in [0.1, 0.15) is 55.2 Å². The number of fused-ring (bicyclic) bond motifs is 3. The monoisotopic (exact) mass is 814 g/mol. The Hall–Kier alpha value is -7.67. The maximum absolute atomic E-state index is 13.1. The van der Waals surface area contributed by atoms with Gasteiger partial charge in [0, 0.05) is 35.8 Å². The average Bonchev–Trinajstić information content (AvgIpc) is 3.54. The van der Waals surface area contributed by atoms with Crippen molar-refractivity contribution in [2.75, 3.05) is 26.4 Å². The van der Waals surface area contributed by atoms with Crippen LogP contribution in [-0.2, 0) is 38.1 Å². The lowest BCUT2D eigenvalue weighted by Gasteiger charge is -2.17. The minimum Gasteiger partial charge on any atom is -0.490 e. The van der Waals surface area contributed by atoms with Gasteiger partial charge in [-0.05, 0) is 95.1 Å². The molecule has 0 N–H and O–H groups in total. The predicted molar refractivity (Wildman–Crippen MR) is 220 cm³/mol. The lowest BCUT2D eigenvalue weighted by molar-refractivity contribution is -0.154. The van der Waals surface area contributed by atoms with E-state index in [2.05, 4.69) is 39.8 Å². The molecule has 1 aliphatic rings. The van der Waals surface area contributed by atoms with Gasteiger partial charge < -0.3 is 37.9 Å². The maximum atomic E-state index is 13.1. The normalized spacial score (nSPS) is 13.1. The molecule has 0 aliphatic heterocycles. The van der Waals surface area contributed by atoms with E-state index in [4.69, 9.17) is 37.9 Å². The number of ether oxygens (including phenoxy) is 8. The van der Waals surface area contributed by atoms with Crippen molar-refractivity contribution in [3.63, 3.8) is 0 Å². The largest absolute Gasteiger partial charge is 0.490 e. The number of rotatable bonds is 21. The zero-order chi connectivity index (χ0) is 43.2. The summed E-state index contributed by atoms with van der Waals surface area (Å²) in [5.74, 6) is -1.12. The number of hydrogen-bond acceptors (Lipinski definition) is 13. The summed E-state index contributed by atoms with van der Waals surface area (Å²) in [7, 11) is 0. The first-order chi connectivity index (χ1) is 28.9. The van der Waals surface area contributed by atoms with Crippen molar-refractivity contribution < 1.29 is 61.9 Å². The van der Waals surface area contributed by atoms with Gasteiger partial charge in [0.15, 0.2) is 12.2 Å². The Labute approximate surface area is 346 Å². The fraction of sp³-hybridized carbons (Fsp3) is 0.170. The number of esters is 5. The van der Waals surface area contributed by atoms with Crippen LogP contribution in [0.2, 0.25) is 0 Å². The molecule has 0 fully saturated rings. The van der Waals surface area contributed by atoms with Crippen LogP contribution in [0.1, 0.15) is 39.9 Å². The molecule has 60 heavy (non-hydrogen) atoms. The summed E-state index contributed by atoms with van der Waals surface area (Å²) < 4.78 is 43.7. The van der Waals surface area contributed by atoms with Crippen molar-refractivity contribution in [2.45, 2.75) is 25.0 Å². The fourth-order valence-electron chi connectivity index (χ4n) is 5.88. The molecular weight excluding hydrogens is 773 g/mol. The molecule has 0 saturated carbocycles. The summed E-state index contributed by atoms with van der Waals surface area (Å²) in [5, 5.41) is 0. The van der Waals surface area contributed by atoms with Crippen LogP contribution in [0.5, 0.6) is 23.0 Å². The number of benzene rings is 4. The Kier molecular flexibility index (Phi) is 15.0. The third-order valence-electron chi connectivity index (χ3n) is 8.91. The van der Waals surface area contributed by atoms with Gasteiger partial charge in [0.2, 0.25) is 0 Å². The molecule has 4 aromatic rings. The van der Waals surface area contributed by atoms with E-state index in [1.165, 1.54) is 0 Å². The fourth-order valence-corrected chi connectivity index (χ4v) is 5.88. The Morgan fingerprint density at radius 2 is 0.933 bits per heavy atom. The minimum absolute atomic E-state index is 0.0388. The second-order valence-electron chi connectivity index (χ2n) is 13.0. The first kappa shape index (κ1) is 43.5. The van der Waals surface area contributed by atoms with E-state index in [1.807, 2.05) is 30.3 Å². The molecule has 0 spiro atoms. The molecular formula is C47H42O13. The Morgan fingerprint density at radius 1 is 0.533 bits per heavy atom. The molecule has 13 nitrogen and oxygen atoms in total. The second-order valence-corrected chi connectivity index (χ2v) is 13.0. The van der Waals surface area contributed by atoms with Gasteiger partial charge in [0.05, 0.1) is 5.56 Å². The van der Waals surface area contributed by atoms with Gasteiger partial charge in [-0.25, -0.2) is 24.0 Å². The highest BCUT2D eigenvalue weighted by molar-refractivity contribution is 5.91. The Bertz CT molecular complexity index is 2130. The second kappa shape index (κ2) is 20.7. The van der Waals surface area contributed by atoms with Crippen LogP contribution in [0.3, 0.4) is 0 Å². The minimum atomic E-state index is -0.905. The predicted octanol–water partition coefficient (Wildman–Crippen LogP) is 7.50. The van der Waals surface area contributed by atoms with Gasteiger partial charge in [0.25, 0.3) is 0 Å². The van der Waals surface area contributed by atoms with Gasteiger partial charge in [-0.1, -0.05) is 52.0 Å². The molecule has 0 radical (unpaired) electrons. The standard InChI is InChI=1S/C47H42O13/c1-7-43(48)55-27-37(58-45(50)9-3)25-53-33-15-11-31(12-16-33)30(6)57-35-19-21-39-40-22-20-36(24-42(40)29(5)41(39)23-35)60-47(52)32-13-17-34(18-14-32)54-26-38(59-46(51)10-4)28-56-44(49)8-2/h7-24,29,37-38H,1-4,6,25-28H2,5H3. The van der Waals surface area contributed by atoms with Gasteiger partial charge in [-0.15, -0.1) is 0 Å². The highest BCUT2D eigenvalue weighted by Crippen LogP contribution is 2.47. The molecule has 13 heteroatoms. The SMILES string of the molecule is C=CC(=O)OCC(COc1ccc(C(=C)Oc2ccc3c(c2)C(C)c2cc(OC(=O)c4ccc(OCC(COC(=O)C=C)OC(=O)C=C)cc4)ccc2-3)cc1)OC(=O)C=C. The molecule has 0 heterocycles. The summed E-state index contributed by atoms with van der Waals surface area (Å²) in [6.45, 7) is 18.9. The molecule has 308 valence electrons. The smallest absolute Gasteiger partial charge is 0.343 e. The first-order valence-corrected chi connectivity index (χ1v) is 18.5. The van der Waals surface area contributed by atoms with Gasteiger partial charge >= 0.3 is 29.8 Å². The summed E-state index contributed by atoms with van der Waals surface area (Å²) in [6.07, 6.45) is 2.22. The summed E-state index contributed by atoms with van der Waals surface area (Å²) in [4.78, 5) is 59.4. The van der Waals surface area contributed by atoms with E-state index in [1.54, 1.807) is 54.6 Å². The van der Waals surface area contributed by atoms with Crippen molar-refractivity contribution >= 4 is 35.6 Å². The number of carbonyl (C=O) groups excluding carboxylic acids is 5. The third-order valence-corrected chi connectivity index (χ3v) is 8.91. The van der Waals surface area contributed by atoms with E-state index >= 15 is 0 Å². The molecule has 0 saturated heterocycles. The highest BCUT2D eigenvalue weighted by Gasteiger charge is 2.27. The maximum Gasteiger partial charge on any atom is 0.343 e. The van der Waals surface area contributed by atoms with Crippen LogP contribution in [0.4, 0.5) is 0 Å². The van der Waals surface area contributed by atoms with Gasteiger partial charge in [-0.3, -0.25) is 0 Å². The van der Waals surface area contributed by atoms with Crippen molar-refractivity contribution in [3.05, 3.63) is 164 Å². The lowest BCUT2D eigenvalue weighted by Crippen LogP contribution is -2.30. The van der Waals surface area contributed by atoms with Crippen molar-refractivity contribution in [1.29, 1.82) is 0 Å². The van der Waals surface area contributed by atoms with E-state index in [-0.39, 0.29) is 37.9 Å². The van der Waals surface area contributed by atoms with E-state index in [0.29, 0.717) is 34.3 Å². The van der Waals surface area contributed by atoms with Crippen LogP contribution >= 0.6 is 0 Å². The molecule has 3 atom stereocenters. The number of hydrogen-bond donors (Lipinski definition) is 0. The summed E-state index contributed by atoms with van der Waals surface area (Å²) >= 11 is 0. The molecule has 0 bridgehead atoms. The molecule has 1 aliphatic carbocycles. The molecule has 0 amide bonds. The van der Waals surface area contributed by atoms with Crippen LogP contribution in [-0.4, -0.2) is 68.5 Å². The van der Waals surface area contributed by atoms with Crippen molar-refractivity contribution in [3.8, 4) is 34.1 Å². The zero-order valence-electron chi connectivity index (χ0n) is 32.8. The number of carbonyl (C=O) groups is 5. The molecule has 5 rings (SSSR count). The van der Waals surface area contributed by atoms with Crippen LogP contribution in [0, 0.1) is 0 Å². The summed E-state index contributed by atoms with van der Waals surface area (Å²) in [6, 6.07) is 24.5. The van der Waals surface area contributed by atoms with Crippen LogP contribution in [0.15, 0.2) is 142 Å². The van der Waals surface area contributed by atoms with Crippen molar-refractivity contribution in [2.24, 2.45) is 0 Å².